The number of piperidine rings is 1. The van der Waals surface area contributed by atoms with Gasteiger partial charge in [0.05, 0.1) is 0 Å². The second-order valence-corrected chi connectivity index (χ2v) is 6.50. The van der Waals surface area contributed by atoms with Crippen LogP contribution in [0.1, 0.15) is 12.8 Å². The molecule has 2 aromatic rings. The van der Waals surface area contributed by atoms with Crippen LogP contribution in [0.25, 0.3) is 0 Å². The molecule has 26 heavy (non-hydrogen) atoms. The van der Waals surface area contributed by atoms with Crippen molar-refractivity contribution in [2.75, 3.05) is 42.7 Å². The SMILES string of the molecule is CN(C)c1cc(NC2CCN(C(=O)Nc3ccc(F)cc3)CC2)ncn1. The lowest BCUT2D eigenvalue weighted by Gasteiger charge is -2.32. The number of hydrogen-bond donors (Lipinski definition) is 2. The molecule has 1 aliphatic rings. The highest BCUT2D eigenvalue weighted by Crippen LogP contribution is 2.18. The molecule has 3 rings (SSSR count). The summed E-state index contributed by atoms with van der Waals surface area (Å²) in [5.41, 5.74) is 0.592. The van der Waals surface area contributed by atoms with Gasteiger partial charge < -0.3 is 20.4 Å². The van der Waals surface area contributed by atoms with Gasteiger partial charge in [0.1, 0.15) is 23.8 Å². The summed E-state index contributed by atoms with van der Waals surface area (Å²) in [6, 6.07) is 7.78. The smallest absolute Gasteiger partial charge is 0.321 e. The summed E-state index contributed by atoms with van der Waals surface area (Å²) in [5.74, 6) is 1.31. The van der Waals surface area contributed by atoms with Crippen LogP contribution in [0.3, 0.4) is 0 Å². The van der Waals surface area contributed by atoms with E-state index in [1.165, 1.54) is 12.1 Å². The van der Waals surface area contributed by atoms with Gasteiger partial charge in [-0.05, 0) is 37.1 Å². The van der Waals surface area contributed by atoms with Crippen molar-refractivity contribution in [3.05, 3.63) is 42.5 Å². The van der Waals surface area contributed by atoms with E-state index in [-0.39, 0.29) is 17.9 Å². The Balaban J connectivity index is 1.50. The summed E-state index contributed by atoms with van der Waals surface area (Å²) in [4.78, 5) is 24.5. The number of urea groups is 1. The van der Waals surface area contributed by atoms with Crippen LogP contribution in [0.5, 0.6) is 0 Å². The molecule has 2 amide bonds. The Hall–Kier alpha value is -2.90. The molecule has 2 heterocycles. The molecule has 0 bridgehead atoms. The molecule has 1 aliphatic heterocycles. The molecular weight excluding hydrogens is 335 g/mol. The predicted octanol–water partition coefficient (Wildman–Crippen LogP) is 2.79. The van der Waals surface area contributed by atoms with Gasteiger partial charge in [-0.3, -0.25) is 0 Å². The van der Waals surface area contributed by atoms with Crippen LogP contribution in [-0.4, -0.2) is 54.1 Å². The van der Waals surface area contributed by atoms with E-state index >= 15 is 0 Å². The van der Waals surface area contributed by atoms with E-state index in [0.29, 0.717) is 18.8 Å². The Bertz CT molecular complexity index is 744. The Kier molecular flexibility index (Phi) is 5.50. The summed E-state index contributed by atoms with van der Waals surface area (Å²) < 4.78 is 12.9. The van der Waals surface area contributed by atoms with E-state index in [4.69, 9.17) is 0 Å². The summed E-state index contributed by atoms with van der Waals surface area (Å²) in [6.45, 7) is 1.30. The molecule has 138 valence electrons. The number of anilines is 3. The third-order valence-corrected chi connectivity index (χ3v) is 4.34. The molecule has 1 saturated heterocycles. The van der Waals surface area contributed by atoms with Crippen molar-refractivity contribution in [3.8, 4) is 0 Å². The minimum Gasteiger partial charge on any atom is -0.367 e. The summed E-state index contributed by atoms with van der Waals surface area (Å²) in [7, 11) is 3.87. The normalized spacial score (nSPS) is 14.8. The van der Waals surface area contributed by atoms with E-state index in [9.17, 15) is 9.18 Å². The molecule has 1 fully saturated rings. The fraction of sp³-hybridized carbons (Fsp3) is 0.389. The van der Waals surface area contributed by atoms with Crippen molar-refractivity contribution in [1.82, 2.24) is 14.9 Å². The number of aromatic nitrogens is 2. The van der Waals surface area contributed by atoms with Gasteiger partial charge >= 0.3 is 6.03 Å². The molecule has 1 aromatic carbocycles. The van der Waals surface area contributed by atoms with Crippen LogP contribution in [0.15, 0.2) is 36.7 Å². The average molecular weight is 358 g/mol. The third-order valence-electron chi connectivity index (χ3n) is 4.34. The first-order valence-corrected chi connectivity index (χ1v) is 8.58. The monoisotopic (exact) mass is 358 g/mol. The average Bonchev–Trinajstić information content (AvgIpc) is 2.64. The Morgan fingerprint density at radius 3 is 2.54 bits per heavy atom. The summed E-state index contributed by atoms with van der Waals surface area (Å²) in [6.07, 6.45) is 3.21. The van der Waals surface area contributed by atoms with E-state index in [0.717, 1.165) is 24.5 Å². The molecule has 7 nitrogen and oxygen atoms in total. The molecule has 0 saturated carbocycles. The van der Waals surface area contributed by atoms with Gasteiger partial charge in [0.25, 0.3) is 0 Å². The third kappa shape index (κ3) is 4.59. The lowest BCUT2D eigenvalue weighted by molar-refractivity contribution is 0.197. The molecule has 0 atom stereocenters. The van der Waals surface area contributed by atoms with Crippen LogP contribution in [0.4, 0.5) is 26.5 Å². The largest absolute Gasteiger partial charge is 0.367 e. The molecule has 0 spiro atoms. The van der Waals surface area contributed by atoms with Crippen molar-refractivity contribution >= 4 is 23.4 Å². The number of carbonyl (C=O) groups is 1. The van der Waals surface area contributed by atoms with Crippen molar-refractivity contribution in [1.29, 1.82) is 0 Å². The number of amides is 2. The fourth-order valence-corrected chi connectivity index (χ4v) is 2.84. The lowest BCUT2D eigenvalue weighted by atomic mass is 10.1. The topological polar surface area (TPSA) is 73.4 Å². The zero-order valence-corrected chi connectivity index (χ0v) is 14.9. The fourth-order valence-electron chi connectivity index (χ4n) is 2.84. The van der Waals surface area contributed by atoms with Crippen molar-refractivity contribution in [2.24, 2.45) is 0 Å². The summed E-state index contributed by atoms with van der Waals surface area (Å²) in [5, 5.41) is 6.21. The number of rotatable bonds is 4. The second-order valence-electron chi connectivity index (χ2n) is 6.50. The Morgan fingerprint density at radius 1 is 1.19 bits per heavy atom. The standard InChI is InChI=1S/C18H23FN6O/c1-24(2)17-11-16(20-12-21-17)22-15-7-9-25(10-8-15)18(26)23-14-5-3-13(19)4-6-14/h3-6,11-12,15H,7-10H2,1-2H3,(H,23,26)(H,20,21,22). The minimum absolute atomic E-state index is 0.160. The van der Waals surface area contributed by atoms with Gasteiger partial charge in [-0.1, -0.05) is 0 Å². The molecule has 8 heteroatoms. The maximum Gasteiger partial charge on any atom is 0.321 e. The Morgan fingerprint density at radius 2 is 1.88 bits per heavy atom. The Labute approximate surface area is 152 Å². The second kappa shape index (κ2) is 7.99. The van der Waals surface area contributed by atoms with Gasteiger partial charge in [-0.25, -0.2) is 19.2 Å². The number of nitrogens with one attached hydrogen (secondary N) is 2. The van der Waals surface area contributed by atoms with E-state index < -0.39 is 0 Å². The van der Waals surface area contributed by atoms with Crippen LogP contribution in [-0.2, 0) is 0 Å². The number of nitrogens with zero attached hydrogens (tertiary/aromatic N) is 4. The molecule has 0 unspecified atom stereocenters. The quantitative estimate of drug-likeness (QED) is 0.879. The van der Waals surface area contributed by atoms with Gasteiger partial charge in [-0.2, -0.15) is 0 Å². The highest BCUT2D eigenvalue weighted by atomic mass is 19.1. The first kappa shape index (κ1) is 17.9. The molecule has 1 aromatic heterocycles. The van der Waals surface area contributed by atoms with Crippen LogP contribution >= 0.6 is 0 Å². The summed E-state index contributed by atoms with van der Waals surface area (Å²) >= 11 is 0. The van der Waals surface area contributed by atoms with Crippen molar-refractivity contribution in [3.63, 3.8) is 0 Å². The maximum atomic E-state index is 12.9. The number of benzene rings is 1. The number of likely N-dealkylation sites (tertiary alicyclic amines) is 1. The highest BCUT2D eigenvalue weighted by molar-refractivity contribution is 5.89. The predicted molar refractivity (Wildman–Crippen MR) is 100.0 cm³/mol. The van der Waals surface area contributed by atoms with Gasteiger partial charge in [0.2, 0.25) is 0 Å². The van der Waals surface area contributed by atoms with E-state index in [1.807, 2.05) is 25.1 Å². The first-order chi connectivity index (χ1) is 12.5. The number of hydrogen-bond acceptors (Lipinski definition) is 5. The zero-order chi connectivity index (χ0) is 18.5. The molecular formula is C18H23FN6O. The maximum absolute atomic E-state index is 12.9. The van der Waals surface area contributed by atoms with Crippen LogP contribution < -0.4 is 15.5 Å². The zero-order valence-electron chi connectivity index (χ0n) is 14.9. The van der Waals surface area contributed by atoms with Gasteiger partial charge in [0.15, 0.2) is 0 Å². The number of carbonyl (C=O) groups excluding carboxylic acids is 1. The number of halogens is 1. The molecule has 0 radical (unpaired) electrons. The van der Waals surface area contributed by atoms with E-state index in [1.54, 1.807) is 23.4 Å². The van der Waals surface area contributed by atoms with Crippen LogP contribution in [0.2, 0.25) is 0 Å². The van der Waals surface area contributed by atoms with E-state index in [2.05, 4.69) is 20.6 Å². The minimum atomic E-state index is -0.322. The molecule has 2 N–H and O–H groups in total. The highest BCUT2D eigenvalue weighted by Gasteiger charge is 2.23. The molecule has 0 aliphatic carbocycles. The lowest BCUT2D eigenvalue weighted by Crippen LogP contribution is -2.44. The van der Waals surface area contributed by atoms with Crippen LogP contribution in [0, 0.1) is 5.82 Å². The van der Waals surface area contributed by atoms with Gasteiger partial charge in [-0.15, -0.1) is 0 Å². The van der Waals surface area contributed by atoms with Crippen molar-refractivity contribution < 1.29 is 9.18 Å². The van der Waals surface area contributed by atoms with Gasteiger partial charge in [0, 0.05) is 45.0 Å². The van der Waals surface area contributed by atoms with Crippen molar-refractivity contribution in [2.45, 2.75) is 18.9 Å². The first-order valence-electron chi connectivity index (χ1n) is 8.58.